The van der Waals surface area contributed by atoms with Crippen LogP contribution < -0.4 is 16.8 Å². The predicted molar refractivity (Wildman–Crippen MR) is 30.4 cm³/mol. The first-order chi connectivity index (χ1) is 4.16. The van der Waals surface area contributed by atoms with E-state index in [2.05, 4.69) is 4.99 Å². The number of carbonyl (C=O) groups is 2. The number of nitrogens with zero attached hydrogens (tertiary/aromatic N) is 1. The molecule has 0 bridgehead atoms. The number of amides is 3. The Morgan fingerprint density at radius 1 is 1.56 bits per heavy atom. The standard InChI is InChI=1S/C3H6N4O2/c4-2(5)7-3(9)6-1-8/h1H,(H5,4,5,6,7,8,9). The van der Waals surface area contributed by atoms with E-state index in [1.54, 1.807) is 5.32 Å². The summed E-state index contributed by atoms with van der Waals surface area (Å²) in [7, 11) is 0. The maximum absolute atomic E-state index is 10.2. The smallest absolute Gasteiger partial charge is 0.350 e. The zero-order valence-electron chi connectivity index (χ0n) is 4.50. The predicted octanol–water partition coefficient (Wildman–Crippen LogP) is -1.87. The maximum Gasteiger partial charge on any atom is 0.350 e. The van der Waals surface area contributed by atoms with Gasteiger partial charge in [0.2, 0.25) is 6.41 Å². The molecule has 0 saturated carbocycles. The number of aliphatic imine (C=N–C) groups is 1. The minimum absolute atomic E-state index is 0.189. The fourth-order valence-electron chi connectivity index (χ4n) is 0.200. The van der Waals surface area contributed by atoms with Crippen molar-refractivity contribution in [3.05, 3.63) is 0 Å². The molecule has 5 N–H and O–H groups in total. The van der Waals surface area contributed by atoms with Crippen LogP contribution in [0, 0.1) is 0 Å². The number of hydrogen-bond acceptors (Lipinski definition) is 2. The Morgan fingerprint density at radius 2 is 2.11 bits per heavy atom. The summed E-state index contributed by atoms with van der Waals surface area (Å²) in [6.07, 6.45) is 0.189. The van der Waals surface area contributed by atoms with Gasteiger partial charge in [-0.05, 0) is 0 Å². The number of rotatable bonds is 1. The highest BCUT2D eigenvalue weighted by Crippen LogP contribution is 1.66. The van der Waals surface area contributed by atoms with E-state index in [0.29, 0.717) is 0 Å². The SMILES string of the molecule is NC(N)=NC(=O)NC=O. The van der Waals surface area contributed by atoms with Crippen molar-refractivity contribution in [3.63, 3.8) is 0 Å². The molecule has 0 aliphatic carbocycles. The fraction of sp³-hybridized carbons (Fsp3) is 0. The highest BCUT2D eigenvalue weighted by molar-refractivity contribution is 5.94. The number of guanidine groups is 1. The van der Waals surface area contributed by atoms with Crippen molar-refractivity contribution >= 4 is 18.4 Å². The van der Waals surface area contributed by atoms with Crippen LogP contribution >= 0.6 is 0 Å². The molecule has 0 aliphatic heterocycles. The summed E-state index contributed by atoms with van der Waals surface area (Å²) in [4.78, 5) is 22.6. The lowest BCUT2D eigenvalue weighted by molar-refractivity contribution is -0.108. The summed E-state index contributed by atoms with van der Waals surface area (Å²) in [5.41, 5.74) is 9.55. The van der Waals surface area contributed by atoms with Gasteiger partial charge < -0.3 is 11.5 Å². The van der Waals surface area contributed by atoms with Crippen LogP contribution in [0.4, 0.5) is 4.79 Å². The van der Waals surface area contributed by atoms with Crippen molar-refractivity contribution in [1.29, 1.82) is 0 Å². The molecule has 6 nitrogen and oxygen atoms in total. The number of urea groups is 1. The molecular weight excluding hydrogens is 124 g/mol. The summed E-state index contributed by atoms with van der Waals surface area (Å²) in [6, 6.07) is -0.870. The largest absolute Gasteiger partial charge is 0.370 e. The lowest BCUT2D eigenvalue weighted by atomic mass is 10.9. The topological polar surface area (TPSA) is 111 Å². The Morgan fingerprint density at radius 3 is 2.44 bits per heavy atom. The van der Waals surface area contributed by atoms with Crippen LogP contribution in [0.15, 0.2) is 4.99 Å². The van der Waals surface area contributed by atoms with Gasteiger partial charge >= 0.3 is 6.03 Å². The van der Waals surface area contributed by atoms with Gasteiger partial charge in [0.15, 0.2) is 5.96 Å². The molecule has 0 aromatic heterocycles. The van der Waals surface area contributed by atoms with Gasteiger partial charge in [-0.2, -0.15) is 4.99 Å². The highest BCUT2D eigenvalue weighted by Gasteiger charge is 1.92. The van der Waals surface area contributed by atoms with Crippen LogP contribution in [0.25, 0.3) is 0 Å². The van der Waals surface area contributed by atoms with E-state index in [4.69, 9.17) is 11.5 Å². The van der Waals surface area contributed by atoms with Crippen LogP contribution in [0.1, 0.15) is 0 Å². The van der Waals surface area contributed by atoms with Gasteiger partial charge in [0, 0.05) is 0 Å². The van der Waals surface area contributed by atoms with Crippen molar-refractivity contribution in [2.24, 2.45) is 16.5 Å². The average molecular weight is 130 g/mol. The van der Waals surface area contributed by atoms with Gasteiger partial charge in [-0.1, -0.05) is 0 Å². The zero-order chi connectivity index (χ0) is 7.28. The fourth-order valence-corrected chi connectivity index (χ4v) is 0.200. The molecule has 0 saturated heterocycles. The molecule has 0 spiro atoms. The third kappa shape index (κ3) is 4.26. The first-order valence-corrected chi connectivity index (χ1v) is 2.00. The number of hydrogen-bond donors (Lipinski definition) is 3. The number of carbonyl (C=O) groups excluding carboxylic acids is 2. The van der Waals surface area contributed by atoms with Crippen molar-refractivity contribution in [2.45, 2.75) is 0 Å². The lowest BCUT2D eigenvalue weighted by Gasteiger charge is -1.88. The van der Waals surface area contributed by atoms with Crippen LogP contribution in [-0.4, -0.2) is 18.4 Å². The Bertz CT molecular complexity index is 148. The number of nitrogens with two attached hydrogens (primary N) is 2. The van der Waals surface area contributed by atoms with Gasteiger partial charge in [-0.25, -0.2) is 4.79 Å². The van der Waals surface area contributed by atoms with E-state index in [1.165, 1.54) is 0 Å². The van der Waals surface area contributed by atoms with Gasteiger partial charge in [-0.3, -0.25) is 10.1 Å². The number of nitrogens with one attached hydrogen (secondary N) is 1. The second-order valence-corrected chi connectivity index (χ2v) is 1.10. The Hall–Kier alpha value is -1.59. The normalized spacial score (nSPS) is 7.56. The molecule has 0 radical (unpaired) electrons. The summed E-state index contributed by atoms with van der Waals surface area (Å²) in [6.45, 7) is 0. The van der Waals surface area contributed by atoms with E-state index in [0.717, 1.165) is 0 Å². The monoisotopic (exact) mass is 130 g/mol. The van der Waals surface area contributed by atoms with Gasteiger partial charge in [0.1, 0.15) is 0 Å². The molecule has 9 heavy (non-hydrogen) atoms. The third-order valence-electron chi connectivity index (χ3n) is 0.413. The quantitative estimate of drug-likeness (QED) is 0.219. The molecule has 0 atom stereocenters. The van der Waals surface area contributed by atoms with E-state index < -0.39 is 6.03 Å². The van der Waals surface area contributed by atoms with E-state index >= 15 is 0 Å². The minimum Gasteiger partial charge on any atom is -0.370 e. The van der Waals surface area contributed by atoms with Gasteiger partial charge in [0.05, 0.1) is 0 Å². The summed E-state index contributed by atoms with van der Waals surface area (Å²) in [5.74, 6) is -0.380. The minimum atomic E-state index is -0.870. The Kier molecular flexibility index (Phi) is 2.81. The second-order valence-electron chi connectivity index (χ2n) is 1.10. The molecule has 0 rings (SSSR count). The molecule has 0 aromatic rings. The van der Waals surface area contributed by atoms with E-state index in [-0.39, 0.29) is 12.4 Å². The first-order valence-electron chi connectivity index (χ1n) is 2.00. The van der Waals surface area contributed by atoms with Crippen molar-refractivity contribution in [2.75, 3.05) is 0 Å². The first kappa shape index (κ1) is 7.41. The van der Waals surface area contributed by atoms with Crippen molar-refractivity contribution in [1.82, 2.24) is 5.32 Å². The molecule has 50 valence electrons. The van der Waals surface area contributed by atoms with Crippen molar-refractivity contribution < 1.29 is 9.59 Å². The van der Waals surface area contributed by atoms with Crippen LogP contribution in [0.2, 0.25) is 0 Å². The van der Waals surface area contributed by atoms with Gasteiger partial charge in [-0.15, -0.1) is 0 Å². The summed E-state index contributed by atoms with van der Waals surface area (Å²) < 4.78 is 0. The highest BCUT2D eigenvalue weighted by atomic mass is 16.2. The van der Waals surface area contributed by atoms with Crippen LogP contribution in [0.3, 0.4) is 0 Å². The second kappa shape index (κ2) is 3.42. The molecule has 0 fully saturated rings. The molecular formula is C3H6N4O2. The number of imide groups is 1. The maximum atomic E-state index is 10.2. The van der Waals surface area contributed by atoms with Crippen LogP contribution in [-0.2, 0) is 4.79 Å². The molecule has 6 heteroatoms. The molecule has 0 heterocycles. The Balaban J connectivity index is 3.76. The summed E-state index contributed by atoms with van der Waals surface area (Å²) in [5, 5.41) is 1.71. The average Bonchev–Trinajstić information content (AvgIpc) is 1.63. The lowest BCUT2D eigenvalue weighted by Crippen LogP contribution is -2.27. The van der Waals surface area contributed by atoms with Crippen molar-refractivity contribution in [3.8, 4) is 0 Å². The van der Waals surface area contributed by atoms with E-state index in [1.807, 2.05) is 0 Å². The summed E-state index contributed by atoms with van der Waals surface area (Å²) >= 11 is 0. The molecule has 0 aromatic carbocycles. The molecule has 3 amide bonds. The van der Waals surface area contributed by atoms with E-state index in [9.17, 15) is 9.59 Å². The van der Waals surface area contributed by atoms with Gasteiger partial charge in [0.25, 0.3) is 0 Å². The zero-order valence-corrected chi connectivity index (χ0v) is 4.50. The Labute approximate surface area is 50.9 Å². The third-order valence-corrected chi connectivity index (χ3v) is 0.413. The molecule has 0 aliphatic rings. The van der Waals surface area contributed by atoms with Crippen LogP contribution in [0.5, 0.6) is 0 Å². The molecule has 0 unspecified atom stereocenters.